The summed E-state index contributed by atoms with van der Waals surface area (Å²) in [5.41, 5.74) is 0. The molecule has 0 spiro atoms. The van der Waals surface area contributed by atoms with Crippen LogP contribution in [0.25, 0.3) is 0 Å². The molecule has 0 atom stereocenters. The van der Waals surface area contributed by atoms with Gasteiger partial charge in [-0.05, 0) is 6.92 Å². The van der Waals surface area contributed by atoms with Crippen molar-refractivity contribution < 1.29 is 19.5 Å². The minimum Gasteiger partial charge on any atom is -0.466 e. The number of Topliss-reactive ketones (excluding diaryl/α,β-unsaturated/α-hetero) is 1. The average molecular weight is 194 g/mol. The van der Waals surface area contributed by atoms with Gasteiger partial charge in [-0.15, -0.1) is 0 Å². The van der Waals surface area contributed by atoms with Crippen LogP contribution in [0.4, 0.5) is 0 Å². The van der Waals surface area contributed by atoms with Crippen molar-refractivity contribution in [3.8, 4) is 0 Å². The summed E-state index contributed by atoms with van der Waals surface area (Å²) in [7, 11) is 0. The average Bonchev–Trinajstić information content (AvgIpc) is 2.03. The summed E-state index contributed by atoms with van der Waals surface area (Å²) < 4.78 is 4.45. The topological polar surface area (TPSA) is 76.0 Å². The quantitative estimate of drug-likeness (QED) is 0.232. The van der Waals surface area contributed by atoms with Crippen LogP contribution in [0, 0.1) is 0 Å². The lowest BCUT2D eigenvalue weighted by Gasteiger charge is -1.98. The molecular weight excluding hydrogens is 186 g/mol. The molecule has 5 nitrogen and oxygen atoms in total. The second kappa shape index (κ2) is 5.54. The van der Waals surface area contributed by atoms with Crippen molar-refractivity contribution in [1.29, 1.82) is 0 Å². The Kier molecular flexibility index (Phi) is 5.03. The SMILES string of the molecule is CCOC(=O)CC(=O)C(Cl)=NO. The fourth-order valence-electron chi connectivity index (χ4n) is 0.472. The van der Waals surface area contributed by atoms with Crippen molar-refractivity contribution in [2.45, 2.75) is 13.3 Å². The smallest absolute Gasteiger partial charge is 0.313 e. The first-order valence-electron chi connectivity index (χ1n) is 3.18. The minimum absolute atomic E-state index is 0.194. The van der Waals surface area contributed by atoms with Crippen LogP contribution in [0.2, 0.25) is 0 Å². The lowest BCUT2D eigenvalue weighted by molar-refractivity contribution is -0.144. The van der Waals surface area contributed by atoms with Gasteiger partial charge in [-0.25, -0.2) is 0 Å². The van der Waals surface area contributed by atoms with E-state index < -0.39 is 23.3 Å². The maximum atomic E-state index is 10.7. The Balaban J connectivity index is 3.93. The molecule has 0 radical (unpaired) electrons. The van der Waals surface area contributed by atoms with Gasteiger partial charge in [0.05, 0.1) is 6.61 Å². The summed E-state index contributed by atoms with van der Waals surface area (Å²) in [4.78, 5) is 21.4. The first-order chi connectivity index (χ1) is 5.61. The van der Waals surface area contributed by atoms with Gasteiger partial charge >= 0.3 is 5.97 Å². The normalized spacial score (nSPS) is 11.0. The van der Waals surface area contributed by atoms with Crippen molar-refractivity contribution in [2.75, 3.05) is 6.61 Å². The maximum absolute atomic E-state index is 10.7. The zero-order valence-corrected chi connectivity index (χ0v) is 7.17. The third kappa shape index (κ3) is 3.92. The van der Waals surface area contributed by atoms with Crippen LogP contribution in [0.15, 0.2) is 5.16 Å². The van der Waals surface area contributed by atoms with Gasteiger partial charge in [0.2, 0.25) is 11.0 Å². The number of hydrogen-bond acceptors (Lipinski definition) is 5. The van der Waals surface area contributed by atoms with Gasteiger partial charge in [0.15, 0.2) is 0 Å². The van der Waals surface area contributed by atoms with Gasteiger partial charge in [-0.1, -0.05) is 16.8 Å². The lowest BCUT2D eigenvalue weighted by Crippen LogP contribution is -2.15. The number of carbonyl (C=O) groups excluding carboxylic acids is 2. The van der Waals surface area contributed by atoms with E-state index in [1.165, 1.54) is 0 Å². The van der Waals surface area contributed by atoms with Gasteiger partial charge in [0.1, 0.15) is 6.42 Å². The Labute approximate surface area is 73.9 Å². The van der Waals surface area contributed by atoms with Crippen LogP contribution in [0.1, 0.15) is 13.3 Å². The number of esters is 1. The molecule has 0 aromatic carbocycles. The summed E-state index contributed by atoms with van der Waals surface area (Å²) in [5, 5.41) is 9.84. The number of rotatable bonds is 4. The largest absolute Gasteiger partial charge is 0.466 e. The van der Waals surface area contributed by atoms with E-state index in [0.717, 1.165) is 0 Å². The number of carbonyl (C=O) groups is 2. The lowest BCUT2D eigenvalue weighted by atomic mass is 10.3. The van der Waals surface area contributed by atoms with Crippen molar-refractivity contribution in [3.05, 3.63) is 0 Å². The Bertz CT molecular complexity index is 214. The molecule has 0 aliphatic rings. The first-order valence-corrected chi connectivity index (χ1v) is 3.56. The van der Waals surface area contributed by atoms with Gasteiger partial charge < -0.3 is 9.94 Å². The highest BCUT2D eigenvalue weighted by Crippen LogP contribution is 1.94. The highest BCUT2D eigenvalue weighted by Gasteiger charge is 2.14. The number of ether oxygens (including phenoxy) is 1. The molecule has 0 amide bonds. The highest BCUT2D eigenvalue weighted by molar-refractivity contribution is 6.83. The highest BCUT2D eigenvalue weighted by atomic mass is 35.5. The van der Waals surface area contributed by atoms with E-state index in [1.807, 2.05) is 0 Å². The second-order valence-corrected chi connectivity index (χ2v) is 2.15. The molecule has 6 heteroatoms. The molecule has 0 unspecified atom stereocenters. The molecule has 0 bridgehead atoms. The molecular formula is C6H8ClNO4. The molecule has 0 aromatic heterocycles. The predicted octanol–water partition coefficient (Wildman–Crippen LogP) is 0.535. The van der Waals surface area contributed by atoms with Crippen LogP contribution >= 0.6 is 11.6 Å². The molecule has 0 saturated heterocycles. The molecule has 0 aliphatic carbocycles. The van der Waals surface area contributed by atoms with E-state index in [4.69, 9.17) is 16.8 Å². The Morgan fingerprint density at radius 2 is 2.17 bits per heavy atom. The van der Waals surface area contributed by atoms with E-state index in [1.54, 1.807) is 6.92 Å². The summed E-state index contributed by atoms with van der Waals surface area (Å²) in [6.45, 7) is 1.81. The Morgan fingerprint density at radius 1 is 1.58 bits per heavy atom. The molecule has 0 aromatic rings. The summed E-state index contributed by atoms with van der Waals surface area (Å²) in [5.74, 6) is -1.46. The molecule has 0 rings (SSSR count). The van der Waals surface area contributed by atoms with Crippen molar-refractivity contribution in [2.24, 2.45) is 5.16 Å². The number of hydrogen-bond donors (Lipinski definition) is 1. The first kappa shape index (κ1) is 10.9. The third-order valence-corrected chi connectivity index (χ3v) is 1.21. The maximum Gasteiger partial charge on any atom is 0.313 e. The van der Waals surface area contributed by atoms with E-state index in [-0.39, 0.29) is 6.61 Å². The molecule has 0 fully saturated rings. The Morgan fingerprint density at radius 3 is 2.58 bits per heavy atom. The second-order valence-electron chi connectivity index (χ2n) is 1.80. The summed E-state index contributed by atoms with van der Waals surface area (Å²) >= 11 is 5.10. The molecule has 0 aliphatic heterocycles. The zero-order valence-electron chi connectivity index (χ0n) is 6.41. The third-order valence-electron chi connectivity index (χ3n) is 0.928. The van der Waals surface area contributed by atoms with Crippen molar-refractivity contribution in [3.63, 3.8) is 0 Å². The van der Waals surface area contributed by atoms with Gasteiger partial charge in [0, 0.05) is 0 Å². The minimum atomic E-state index is -0.766. The molecule has 12 heavy (non-hydrogen) atoms. The summed E-state index contributed by atoms with van der Waals surface area (Å²) in [6, 6.07) is 0. The number of oxime groups is 1. The van der Waals surface area contributed by atoms with E-state index >= 15 is 0 Å². The number of nitrogens with zero attached hydrogens (tertiary/aromatic N) is 1. The van der Waals surface area contributed by atoms with Crippen LogP contribution in [0.5, 0.6) is 0 Å². The molecule has 1 N–H and O–H groups in total. The molecule has 0 saturated carbocycles. The van der Waals surface area contributed by atoms with Gasteiger partial charge in [-0.3, -0.25) is 9.59 Å². The van der Waals surface area contributed by atoms with Crippen LogP contribution in [-0.4, -0.2) is 28.7 Å². The van der Waals surface area contributed by atoms with Crippen LogP contribution < -0.4 is 0 Å². The summed E-state index contributed by atoms with van der Waals surface area (Å²) in [6.07, 6.45) is -0.503. The fraction of sp³-hybridized carbons (Fsp3) is 0.500. The standard InChI is InChI=1S/C6H8ClNO4/c1-2-12-5(10)3-4(9)6(7)8-11/h11H,2-3H2,1H3. The van der Waals surface area contributed by atoms with Gasteiger partial charge in [0.25, 0.3) is 0 Å². The van der Waals surface area contributed by atoms with Gasteiger partial charge in [-0.2, -0.15) is 0 Å². The monoisotopic (exact) mass is 193 g/mol. The Hall–Kier alpha value is -1.10. The van der Waals surface area contributed by atoms with Crippen molar-refractivity contribution >= 4 is 28.5 Å². The predicted molar refractivity (Wildman–Crippen MR) is 41.3 cm³/mol. The van der Waals surface area contributed by atoms with E-state index in [2.05, 4.69) is 9.89 Å². The van der Waals surface area contributed by atoms with E-state index in [0.29, 0.717) is 0 Å². The van der Waals surface area contributed by atoms with Crippen LogP contribution in [0.3, 0.4) is 0 Å². The fourth-order valence-corrected chi connectivity index (χ4v) is 0.539. The molecule has 68 valence electrons. The number of halogens is 1. The zero-order chi connectivity index (χ0) is 9.56. The number of ketones is 1. The van der Waals surface area contributed by atoms with Crippen molar-refractivity contribution in [1.82, 2.24) is 0 Å². The van der Waals surface area contributed by atoms with Crippen LogP contribution in [-0.2, 0) is 14.3 Å². The molecule has 0 heterocycles. The van der Waals surface area contributed by atoms with E-state index in [9.17, 15) is 9.59 Å².